The molecule has 0 saturated heterocycles. The maximum atomic E-state index is 10.7. The molecule has 4 rings (SSSR count). The van der Waals surface area contributed by atoms with Gasteiger partial charge in [-0.2, -0.15) is 0 Å². The van der Waals surface area contributed by atoms with E-state index in [2.05, 4.69) is 21.5 Å². The molecule has 3 heterocycles. The molecule has 0 radical (unpaired) electrons. The van der Waals surface area contributed by atoms with Crippen molar-refractivity contribution in [2.45, 2.75) is 6.54 Å². The third-order valence-corrected chi connectivity index (χ3v) is 4.95. The SMILES string of the molecule is C=CCn1c(O)c(/C=C2\C=Nc3ccccc32)sc1=Nc1cccnc1. The minimum Gasteiger partial charge on any atom is -0.493 e. The molecule has 3 aromatic rings. The molecule has 6 heteroatoms. The quantitative estimate of drug-likeness (QED) is 0.704. The molecule has 0 atom stereocenters. The number of hydrogen-bond donors (Lipinski definition) is 1. The van der Waals surface area contributed by atoms with Crippen molar-refractivity contribution in [3.8, 4) is 5.88 Å². The van der Waals surface area contributed by atoms with Crippen LogP contribution < -0.4 is 4.80 Å². The Morgan fingerprint density at radius 3 is 2.92 bits per heavy atom. The van der Waals surface area contributed by atoms with Gasteiger partial charge in [-0.3, -0.25) is 14.5 Å². The molecule has 0 fully saturated rings. The molecule has 0 saturated carbocycles. The standard InChI is InChI=1S/C20H16N4OS/c1-2-10-24-19(25)18(26-20(24)23-15-6-5-9-21-13-15)11-14-12-22-17-8-4-3-7-16(14)17/h2-9,11-13,25H,1,10H2/b14-11+,23-20?. The highest BCUT2D eigenvalue weighted by Crippen LogP contribution is 2.34. The van der Waals surface area contributed by atoms with Crippen LogP contribution in [0.2, 0.25) is 0 Å². The molecule has 0 spiro atoms. The zero-order chi connectivity index (χ0) is 17.9. The lowest BCUT2D eigenvalue weighted by Crippen LogP contribution is -2.12. The summed E-state index contributed by atoms with van der Waals surface area (Å²) in [6, 6.07) is 11.7. The van der Waals surface area contributed by atoms with E-state index in [9.17, 15) is 5.11 Å². The summed E-state index contributed by atoms with van der Waals surface area (Å²) in [5.41, 5.74) is 3.70. The number of aromatic hydroxyl groups is 1. The number of allylic oxidation sites excluding steroid dienone is 2. The van der Waals surface area contributed by atoms with Crippen molar-refractivity contribution in [3.05, 3.63) is 76.7 Å². The maximum Gasteiger partial charge on any atom is 0.211 e. The lowest BCUT2D eigenvalue weighted by Gasteiger charge is -2.01. The van der Waals surface area contributed by atoms with Gasteiger partial charge in [-0.25, -0.2) is 4.99 Å². The van der Waals surface area contributed by atoms with Crippen LogP contribution in [0.1, 0.15) is 10.4 Å². The first-order valence-electron chi connectivity index (χ1n) is 8.09. The number of benzene rings is 1. The van der Waals surface area contributed by atoms with E-state index < -0.39 is 0 Å². The Labute approximate surface area is 154 Å². The number of rotatable bonds is 4. The Kier molecular flexibility index (Phi) is 4.33. The van der Waals surface area contributed by atoms with Gasteiger partial charge in [-0.15, -0.1) is 6.58 Å². The molecular formula is C20H16N4OS. The second-order valence-electron chi connectivity index (χ2n) is 5.67. The number of pyridine rings is 1. The molecule has 26 heavy (non-hydrogen) atoms. The molecule has 0 bridgehead atoms. The van der Waals surface area contributed by atoms with Gasteiger partial charge in [-0.1, -0.05) is 35.6 Å². The number of hydrogen-bond acceptors (Lipinski definition) is 5. The monoisotopic (exact) mass is 360 g/mol. The summed E-state index contributed by atoms with van der Waals surface area (Å²) in [4.78, 5) is 14.5. The van der Waals surface area contributed by atoms with Crippen LogP contribution in [0.3, 0.4) is 0 Å². The number of para-hydroxylation sites is 1. The van der Waals surface area contributed by atoms with E-state index in [1.165, 1.54) is 11.3 Å². The first-order valence-corrected chi connectivity index (χ1v) is 8.91. The highest BCUT2D eigenvalue weighted by molar-refractivity contribution is 7.10. The number of aromatic nitrogens is 2. The minimum absolute atomic E-state index is 0.169. The third kappa shape index (κ3) is 3.02. The number of thiazole rings is 1. The van der Waals surface area contributed by atoms with Crippen molar-refractivity contribution >= 4 is 40.6 Å². The molecule has 0 amide bonds. The topological polar surface area (TPSA) is 62.8 Å². The summed E-state index contributed by atoms with van der Waals surface area (Å²) in [6.07, 6.45) is 8.89. The predicted octanol–water partition coefficient (Wildman–Crippen LogP) is 4.33. The minimum atomic E-state index is 0.169. The first kappa shape index (κ1) is 16.2. The van der Waals surface area contributed by atoms with Crippen molar-refractivity contribution in [3.63, 3.8) is 0 Å². The fraction of sp³-hybridized carbons (Fsp3) is 0.0500. The molecule has 128 valence electrons. The van der Waals surface area contributed by atoms with Crippen molar-refractivity contribution in [1.29, 1.82) is 0 Å². The van der Waals surface area contributed by atoms with Gasteiger partial charge in [0.15, 0.2) is 4.80 Å². The number of fused-ring (bicyclic) bond motifs is 1. The van der Waals surface area contributed by atoms with E-state index in [0.717, 1.165) is 27.4 Å². The third-order valence-electron chi connectivity index (χ3n) is 3.93. The zero-order valence-corrected chi connectivity index (χ0v) is 14.7. The highest BCUT2D eigenvalue weighted by Gasteiger charge is 2.15. The van der Waals surface area contributed by atoms with Gasteiger partial charge >= 0.3 is 0 Å². The smallest absolute Gasteiger partial charge is 0.211 e. The van der Waals surface area contributed by atoms with E-state index in [0.29, 0.717) is 11.3 Å². The molecule has 1 aliphatic heterocycles. The van der Waals surface area contributed by atoms with Crippen LogP contribution in [-0.2, 0) is 6.54 Å². The van der Waals surface area contributed by atoms with E-state index >= 15 is 0 Å². The first-order chi connectivity index (χ1) is 12.8. The fourth-order valence-electron chi connectivity index (χ4n) is 2.72. The van der Waals surface area contributed by atoms with Crippen LogP contribution in [0.15, 0.2) is 71.4 Å². The van der Waals surface area contributed by atoms with Gasteiger partial charge in [-0.05, 0) is 24.3 Å². The summed E-state index contributed by atoms with van der Waals surface area (Å²) in [6.45, 7) is 4.24. The summed E-state index contributed by atoms with van der Waals surface area (Å²) >= 11 is 1.42. The van der Waals surface area contributed by atoms with Crippen LogP contribution in [0.5, 0.6) is 5.88 Å². The fourth-order valence-corrected chi connectivity index (χ4v) is 3.73. The number of aliphatic imine (C=N–C) groups is 1. The Bertz CT molecular complexity index is 1090. The molecule has 1 aliphatic rings. The predicted molar refractivity (Wildman–Crippen MR) is 106 cm³/mol. The van der Waals surface area contributed by atoms with E-state index in [1.54, 1.807) is 23.0 Å². The molecular weight excluding hydrogens is 344 g/mol. The van der Waals surface area contributed by atoms with Gasteiger partial charge in [0.05, 0.1) is 22.4 Å². The average Bonchev–Trinajstić information content (AvgIpc) is 3.20. The van der Waals surface area contributed by atoms with Gasteiger partial charge in [0.25, 0.3) is 0 Å². The Morgan fingerprint density at radius 1 is 1.23 bits per heavy atom. The highest BCUT2D eigenvalue weighted by atomic mass is 32.1. The van der Waals surface area contributed by atoms with E-state index in [4.69, 9.17) is 0 Å². The Morgan fingerprint density at radius 2 is 2.12 bits per heavy atom. The normalized spacial score (nSPS) is 14.8. The lowest BCUT2D eigenvalue weighted by atomic mass is 10.1. The molecule has 1 N–H and O–H groups in total. The second-order valence-corrected chi connectivity index (χ2v) is 6.68. The van der Waals surface area contributed by atoms with E-state index in [-0.39, 0.29) is 5.88 Å². The second kappa shape index (κ2) is 6.93. The van der Waals surface area contributed by atoms with Crippen molar-refractivity contribution in [1.82, 2.24) is 9.55 Å². The summed E-state index contributed by atoms with van der Waals surface area (Å²) in [5, 5.41) is 10.7. The van der Waals surface area contributed by atoms with Crippen LogP contribution >= 0.6 is 11.3 Å². The van der Waals surface area contributed by atoms with Crippen LogP contribution in [0.25, 0.3) is 11.6 Å². The van der Waals surface area contributed by atoms with Crippen molar-refractivity contribution < 1.29 is 5.11 Å². The average molecular weight is 360 g/mol. The summed E-state index contributed by atoms with van der Waals surface area (Å²) in [5.74, 6) is 0.169. The summed E-state index contributed by atoms with van der Waals surface area (Å²) < 4.78 is 1.73. The largest absolute Gasteiger partial charge is 0.493 e. The van der Waals surface area contributed by atoms with Gasteiger partial charge in [0.1, 0.15) is 0 Å². The lowest BCUT2D eigenvalue weighted by molar-refractivity contribution is 0.421. The summed E-state index contributed by atoms with van der Waals surface area (Å²) in [7, 11) is 0. The number of nitrogens with zero attached hydrogens (tertiary/aromatic N) is 4. The molecule has 2 aromatic heterocycles. The van der Waals surface area contributed by atoms with Crippen molar-refractivity contribution in [2.24, 2.45) is 9.98 Å². The maximum absolute atomic E-state index is 10.7. The van der Waals surface area contributed by atoms with Gasteiger partial charge in [0.2, 0.25) is 5.88 Å². The molecule has 0 aliphatic carbocycles. The molecule has 1 aromatic carbocycles. The molecule has 0 unspecified atom stereocenters. The Hall–Kier alpha value is -3.25. The van der Waals surface area contributed by atoms with Crippen LogP contribution in [0.4, 0.5) is 11.4 Å². The zero-order valence-electron chi connectivity index (χ0n) is 13.9. The van der Waals surface area contributed by atoms with Crippen LogP contribution in [0, 0.1) is 0 Å². The van der Waals surface area contributed by atoms with Gasteiger partial charge < -0.3 is 5.11 Å². The molecule has 5 nitrogen and oxygen atoms in total. The van der Waals surface area contributed by atoms with E-state index in [1.807, 2.05) is 48.7 Å². The van der Waals surface area contributed by atoms with Gasteiger partial charge in [0, 0.05) is 30.1 Å². The van der Waals surface area contributed by atoms with Crippen molar-refractivity contribution in [2.75, 3.05) is 0 Å². The van der Waals surface area contributed by atoms with Crippen LogP contribution in [-0.4, -0.2) is 20.9 Å². The Balaban J connectivity index is 1.83.